The van der Waals surface area contributed by atoms with Crippen LogP contribution in [-0.4, -0.2) is 40.0 Å². The summed E-state index contributed by atoms with van der Waals surface area (Å²) >= 11 is 0. The summed E-state index contributed by atoms with van der Waals surface area (Å²) in [6, 6.07) is 2.26. The summed E-state index contributed by atoms with van der Waals surface area (Å²) in [5.74, 6) is -0.801. The number of rotatable bonds is 4. The minimum Gasteiger partial charge on any atom is -0.334 e. The summed E-state index contributed by atoms with van der Waals surface area (Å²) in [5.41, 5.74) is 0.709. The molecular weight excluding hydrogens is 414 g/mol. The van der Waals surface area contributed by atoms with E-state index in [0.717, 1.165) is 32.1 Å². The number of halogens is 2. The van der Waals surface area contributed by atoms with Crippen molar-refractivity contribution >= 4 is 11.9 Å². The van der Waals surface area contributed by atoms with Crippen molar-refractivity contribution in [2.24, 2.45) is 11.8 Å². The Morgan fingerprint density at radius 3 is 2.38 bits per heavy atom. The van der Waals surface area contributed by atoms with E-state index in [4.69, 9.17) is 0 Å². The summed E-state index contributed by atoms with van der Waals surface area (Å²) in [7, 11) is 0. The average molecular weight is 447 g/mol. The molecule has 0 saturated heterocycles. The largest absolute Gasteiger partial charge is 0.334 e. The molecule has 1 heterocycles. The number of hydrogen-bond acceptors (Lipinski definition) is 3. The topological polar surface area (TPSA) is 73.5 Å². The van der Waals surface area contributed by atoms with Gasteiger partial charge in [-0.3, -0.25) is 4.79 Å². The maximum atomic E-state index is 13.5. The Bertz CT molecular complexity index is 946. The molecule has 8 heteroatoms. The minimum atomic E-state index is -0.873. The quantitative estimate of drug-likeness (QED) is 0.665. The third kappa shape index (κ3) is 3.76. The van der Waals surface area contributed by atoms with Crippen LogP contribution in [0, 0.1) is 23.5 Å². The van der Waals surface area contributed by atoms with Crippen molar-refractivity contribution < 1.29 is 18.4 Å². The molecule has 3 N–H and O–H groups in total. The molecule has 4 bridgehead atoms. The van der Waals surface area contributed by atoms with Crippen molar-refractivity contribution in [2.45, 2.75) is 82.6 Å². The zero-order valence-corrected chi connectivity index (χ0v) is 19.0. The van der Waals surface area contributed by atoms with Crippen LogP contribution in [0.15, 0.2) is 12.1 Å². The minimum absolute atomic E-state index is 0.0601. The first kappa shape index (κ1) is 21.6. The molecule has 1 aromatic rings. The summed E-state index contributed by atoms with van der Waals surface area (Å²) < 4.78 is 27.1. The number of carbonyl (C=O) groups excluding carboxylic acids is 2. The van der Waals surface area contributed by atoms with E-state index in [1.54, 1.807) is 4.90 Å². The maximum Gasteiger partial charge on any atom is 0.315 e. The van der Waals surface area contributed by atoms with Gasteiger partial charge in [0.15, 0.2) is 11.6 Å². The van der Waals surface area contributed by atoms with E-state index in [0.29, 0.717) is 36.1 Å². The van der Waals surface area contributed by atoms with Gasteiger partial charge < -0.3 is 20.9 Å². The van der Waals surface area contributed by atoms with E-state index in [9.17, 15) is 18.4 Å². The predicted molar refractivity (Wildman–Crippen MR) is 116 cm³/mol. The third-order valence-electron chi connectivity index (χ3n) is 7.80. The number of nitrogens with one attached hydrogen (secondary N) is 3. The molecular formula is C24H32F2N4O2. The van der Waals surface area contributed by atoms with Gasteiger partial charge in [0, 0.05) is 29.7 Å². The van der Waals surface area contributed by atoms with E-state index in [1.807, 2.05) is 20.8 Å². The number of hydrogen-bond donors (Lipinski definition) is 3. The Balaban J connectivity index is 1.22. The number of urea groups is 1. The second-order valence-electron chi connectivity index (χ2n) is 11.5. The number of fused-ring (bicyclic) bond motifs is 1. The maximum absolute atomic E-state index is 13.5. The van der Waals surface area contributed by atoms with Gasteiger partial charge in [-0.2, -0.15) is 0 Å². The zero-order valence-electron chi connectivity index (χ0n) is 19.0. The Morgan fingerprint density at radius 2 is 1.75 bits per heavy atom. The molecule has 174 valence electrons. The van der Waals surface area contributed by atoms with E-state index < -0.39 is 11.6 Å². The van der Waals surface area contributed by atoms with Gasteiger partial charge in [-0.25, -0.2) is 13.6 Å². The Morgan fingerprint density at radius 1 is 1.09 bits per heavy atom. The second kappa shape index (κ2) is 7.14. The van der Waals surface area contributed by atoms with Crippen molar-refractivity contribution in [1.29, 1.82) is 0 Å². The fourth-order valence-corrected chi connectivity index (χ4v) is 6.87. The first-order chi connectivity index (χ1) is 15.0. The number of amides is 3. The van der Waals surface area contributed by atoms with E-state index in [1.165, 1.54) is 12.1 Å². The molecule has 1 aliphatic heterocycles. The van der Waals surface area contributed by atoms with Gasteiger partial charge in [0.2, 0.25) is 5.91 Å². The lowest BCUT2D eigenvalue weighted by atomic mass is 9.74. The van der Waals surface area contributed by atoms with Gasteiger partial charge in [-0.1, -0.05) is 0 Å². The van der Waals surface area contributed by atoms with Gasteiger partial charge in [0.05, 0.1) is 6.54 Å². The van der Waals surface area contributed by atoms with Crippen molar-refractivity contribution in [1.82, 2.24) is 20.9 Å². The second-order valence-corrected chi connectivity index (χ2v) is 11.5. The van der Waals surface area contributed by atoms with Gasteiger partial charge >= 0.3 is 6.03 Å². The van der Waals surface area contributed by atoms with Gasteiger partial charge in [-0.15, -0.1) is 0 Å². The molecule has 6 rings (SSSR count). The highest BCUT2D eigenvalue weighted by molar-refractivity contribution is 5.79. The van der Waals surface area contributed by atoms with Crippen molar-refractivity contribution in [3.63, 3.8) is 0 Å². The lowest BCUT2D eigenvalue weighted by Crippen LogP contribution is -2.59. The van der Waals surface area contributed by atoms with Crippen LogP contribution in [0.2, 0.25) is 0 Å². The molecule has 4 saturated carbocycles. The molecule has 6 nitrogen and oxygen atoms in total. The van der Waals surface area contributed by atoms with Crippen LogP contribution in [-0.2, 0) is 17.9 Å². The zero-order chi connectivity index (χ0) is 22.9. The molecule has 5 aliphatic rings. The standard InChI is InChI=1S/C24H32F2N4O2/c1-22(2,3)28-21(32)29-23-7-14-4-17(9-23)24(8-14,13-23)27-10-20(31)30-11-15-5-18(25)19(26)6-16(15)12-30/h5-6,14,17,27H,4,7-13H2,1-3H3,(H2,28,29,32). The molecule has 0 aromatic heterocycles. The third-order valence-corrected chi connectivity index (χ3v) is 7.80. The molecule has 4 atom stereocenters. The van der Waals surface area contributed by atoms with Gasteiger partial charge in [-0.05, 0) is 88.0 Å². The molecule has 32 heavy (non-hydrogen) atoms. The van der Waals surface area contributed by atoms with E-state index in [-0.39, 0.29) is 35.1 Å². The van der Waals surface area contributed by atoms with Crippen LogP contribution in [0.5, 0.6) is 0 Å². The number of benzene rings is 1. The smallest absolute Gasteiger partial charge is 0.315 e. The average Bonchev–Trinajstić information content (AvgIpc) is 3.23. The highest BCUT2D eigenvalue weighted by Gasteiger charge is 2.64. The van der Waals surface area contributed by atoms with E-state index in [2.05, 4.69) is 16.0 Å². The van der Waals surface area contributed by atoms with Crippen molar-refractivity contribution in [2.75, 3.05) is 6.54 Å². The highest BCUT2D eigenvalue weighted by Crippen LogP contribution is 2.62. The van der Waals surface area contributed by atoms with Gasteiger partial charge in [0.1, 0.15) is 0 Å². The Labute approximate surface area is 187 Å². The Hall–Kier alpha value is -2.22. The summed E-state index contributed by atoms with van der Waals surface area (Å²) in [4.78, 5) is 27.2. The van der Waals surface area contributed by atoms with Crippen LogP contribution in [0.4, 0.5) is 13.6 Å². The van der Waals surface area contributed by atoms with Crippen LogP contribution < -0.4 is 16.0 Å². The SMILES string of the molecule is CC(C)(C)NC(=O)NC12CC3CC(C1)C(NCC(=O)N1Cc4cc(F)c(F)cc4C1)(C3)C2. The van der Waals surface area contributed by atoms with Crippen LogP contribution in [0.25, 0.3) is 0 Å². The fourth-order valence-electron chi connectivity index (χ4n) is 6.87. The molecule has 0 radical (unpaired) electrons. The van der Waals surface area contributed by atoms with Crippen molar-refractivity contribution in [3.05, 3.63) is 34.9 Å². The summed E-state index contributed by atoms with van der Waals surface area (Å²) in [5, 5.41) is 9.86. The monoisotopic (exact) mass is 446 g/mol. The first-order valence-electron chi connectivity index (χ1n) is 11.6. The number of carbonyl (C=O) groups is 2. The summed E-state index contributed by atoms with van der Waals surface area (Å²) in [6.45, 7) is 6.72. The lowest BCUT2D eigenvalue weighted by molar-refractivity contribution is -0.131. The number of nitrogens with zero attached hydrogens (tertiary/aromatic N) is 1. The first-order valence-corrected chi connectivity index (χ1v) is 11.6. The van der Waals surface area contributed by atoms with Crippen LogP contribution in [0.3, 0.4) is 0 Å². The molecule has 4 aliphatic carbocycles. The molecule has 0 spiro atoms. The molecule has 1 aromatic carbocycles. The molecule has 3 amide bonds. The Kier molecular flexibility index (Phi) is 4.82. The molecule has 4 unspecified atom stereocenters. The predicted octanol–water partition coefficient (Wildman–Crippen LogP) is 3.20. The van der Waals surface area contributed by atoms with Crippen LogP contribution in [0.1, 0.15) is 64.0 Å². The summed E-state index contributed by atoms with van der Waals surface area (Å²) in [6.07, 6.45) is 4.95. The van der Waals surface area contributed by atoms with Gasteiger partial charge in [0.25, 0.3) is 0 Å². The van der Waals surface area contributed by atoms with Crippen LogP contribution >= 0.6 is 0 Å². The van der Waals surface area contributed by atoms with E-state index >= 15 is 0 Å². The lowest BCUT2D eigenvalue weighted by Gasteiger charge is -2.42. The van der Waals surface area contributed by atoms with Crippen molar-refractivity contribution in [3.8, 4) is 0 Å². The highest BCUT2D eigenvalue weighted by atomic mass is 19.2. The normalized spacial score (nSPS) is 32.3. The fraction of sp³-hybridized carbons (Fsp3) is 0.667. The molecule has 4 fully saturated rings.